The highest BCUT2D eigenvalue weighted by atomic mass is 32.1. The number of H-pyrrole nitrogens is 1. The summed E-state index contributed by atoms with van der Waals surface area (Å²) in [6.45, 7) is 0. The smallest absolute Gasteiger partial charge is 0.202 e. The van der Waals surface area contributed by atoms with Crippen molar-refractivity contribution in [2.24, 2.45) is 7.05 Å². The lowest BCUT2D eigenvalue weighted by atomic mass is 10.5. The van der Waals surface area contributed by atoms with Gasteiger partial charge in [0.25, 0.3) is 0 Å². The fourth-order valence-electron chi connectivity index (χ4n) is 1.04. The molecule has 0 saturated heterocycles. The molecule has 0 bridgehead atoms. The molecule has 2 heterocycles. The molecule has 2 aromatic heterocycles. The van der Waals surface area contributed by atoms with Crippen LogP contribution in [-0.4, -0.2) is 19.5 Å². The maximum Gasteiger partial charge on any atom is 0.202 e. The lowest BCUT2D eigenvalue weighted by Gasteiger charge is -2.02. The molecule has 0 unspecified atom stereocenters. The normalized spacial score (nSPS) is 10.8. The second-order valence-corrected chi connectivity index (χ2v) is 2.82. The van der Waals surface area contributed by atoms with Gasteiger partial charge in [-0.1, -0.05) is 12.2 Å². The zero-order chi connectivity index (χ0) is 8.72. The molecule has 62 valence electrons. The Morgan fingerprint density at radius 2 is 2.42 bits per heavy atom. The van der Waals surface area contributed by atoms with Crippen molar-refractivity contribution in [1.29, 1.82) is 0 Å². The standard InChI is InChI=1S/C6H7N5S/c1-11-4-3(8-2-9-4)5(12)10-6(11)7/h2H,1H3,(H,8,9)(H2,7,10,12). The van der Waals surface area contributed by atoms with Gasteiger partial charge in [0.15, 0.2) is 10.3 Å². The molecule has 0 atom stereocenters. The van der Waals surface area contributed by atoms with Crippen LogP contribution >= 0.6 is 12.2 Å². The summed E-state index contributed by atoms with van der Waals surface area (Å²) in [5.74, 6) is 0.375. The van der Waals surface area contributed by atoms with Gasteiger partial charge in [-0.25, -0.2) is 9.97 Å². The molecule has 0 radical (unpaired) electrons. The molecule has 6 heteroatoms. The number of anilines is 1. The minimum absolute atomic E-state index is 0.375. The van der Waals surface area contributed by atoms with Crippen LogP contribution in [0.1, 0.15) is 0 Å². The molecule has 12 heavy (non-hydrogen) atoms. The van der Waals surface area contributed by atoms with E-state index in [1.165, 1.54) is 0 Å². The number of nitrogens with two attached hydrogens (primary N) is 1. The third-order valence-corrected chi connectivity index (χ3v) is 2.01. The Hall–Kier alpha value is -1.43. The molecule has 0 aliphatic carbocycles. The molecule has 0 aromatic carbocycles. The van der Waals surface area contributed by atoms with Gasteiger partial charge >= 0.3 is 0 Å². The topological polar surface area (TPSA) is 72.5 Å². The van der Waals surface area contributed by atoms with Crippen molar-refractivity contribution in [2.75, 3.05) is 5.73 Å². The summed E-state index contributed by atoms with van der Waals surface area (Å²) in [5, 5.41) is 0. The Kier molecular flexibility index (Phi) is 1.37. The summed E-state index contributed by atoms with van der Waals surface area (Å²) in [7, 11) is 1.79. The molecule has 0 fully saturated rings. The van der Waals surface area contributed by atoms with E-state index in [1.54, 1.807) is 17.9 Å². The molecular formula is C6H7N5S. The molecular weight excluding hydrogens is 174 g/mol. The number of aryl methyl sites for hydroxylation is 1. The molecule has 2 aromatic rings. The highest BCUT2D eigenvalue weighted by Gasteiger charge is 2.03. The van der Waals surface area contributed by atoms with Crippen molar-refractivity contribution >= 4 is 29.3 Å². The van der Waals surface area contributed by atoms with E-state index in [0.29, 0.717) is 10.6 Å². The van der Waals surface area contributed by atoms with Gasteiger partial charge in [0.1, 0.15) is 5.52 Å². The number of nitrogen functional groups attached to an aromatic ring is 1. The maximum atomic E-state index is 5.58. The zero-order valence-corrected chi connectivity index (χ0v) is 7.22. The van der Waals surface area contributed by atoms with Crippen LogP contribution in [0.5, 0.6) is 0 Å². The van der Waals surface area contributed by atoms with Gasteiger partial charge in [-0.3, -0.25) is 4.57 Å². The number of hydrogen-bond donors (Lipinski definition) is 2. The van der Waals surface area contributed by atoms with Crippen LogP contribution in [0.3, 0.4) is 0 Å². The van der Waals surface area contributed by atoms with E-state index in [4.69, 9.17) is 18.0 Å². The second kappa shape index (κ2) is 2.28. The number of aromatic nitrogens is 4. The van der Waals surface area contributed by atoms with E-state index >= 15 is 0 Å². The lowest BCUT2D eigenvalue weighted by molar-refractivity contribution is 0.913. The third kappa shape index (κ3) is 0.814. The molecule has 0 amide bonds. The first-order chi connectivity index (χ1) is 5.70. The van der Waals surface area contributed by atoms with Gasteiger partial charge in [0, 0.05) is 7.05 Å². The van der Waals surface area contributed by atoms with Gasteiger partial charge in [0.2, 0.25) is 5.95 Å². The van der Waals surface area contributed by atoms with Gasteiger partial charge < -0.3 is 10.7 Å². The average Bonchev–Trinajstić information content (AvgIpc) is 2.48. The van der Waals surface area contributed by atoms with E-state index < -0.39 is 0 Å². The van der Waals surface area contributed by atoms with Crippen LogP contribution in [0.15, 0.2) is 6.33 Å². The van der Waals surface area contributed by atoms with Crippen LogP contribution in [0.2, 0.25) is 0 Å². The maximum absolute atomic E-state index is 5.58. The quantitative estimate of drug-likeness (QED) is 0.584. The third-order valence-electron chi connectivity index (χ3n) is 1.71. The Balaban J connectivity index is 3.07. The molecule has 0 aliphatic rings. The van der Waals surface area contributed by atoms with Crippen molar-refractivity contribution in [2.45, 2.75) is 0 Å². The number of rotatable bonds is 0. The van der Waals surface area contributed by atoms with Crippen LogP contribution in [0, 0.1) is 4.64 Å². The largest absolute Gasteiger partial charge is 0.369 e. The number of fused-ring (bicyclic) bond motifs is 1. The number of hydrogen-bond acceptors (Lipinski definition) is 4. The van der Waals surface area contributed by atoms with Crippen LogP contribution in [-0.2, 0) is 7.05 Å². The fraction of sp³-hybridized carbons (Fsp3) is 0.167. The van der Waals surface area contributed by atoms with Crippen molar-refractivity contribution in [3.63, 3.8) is 0 Å². The van der Waals surface area contributed by atoms with Crippen molar-refractivity contribution in [1.82, 2.24) is 19.5 Å². The van der Waals surface area contributed by atoms with Crippen molar-refractivity contribution in [3.8, 4) is 0 Å². The Morgan fingerprint density at radius 1 is 1.67 bits per heavy atom. The monoisotopic (exact) mass is 181 g/mol. The van der Waals surface area contributed by atoms with Crippen LogP contribution in [0.4, 0.5) is 5.95 Å². The van der Waals surface area contributed by atoms with Crippen molar-refractivity contribution in [3.05, 3.63) is 11.0 Å². The van der Waals surface area contributed by atoms with Gasteiger partial charge in [-0.2, -0.15) is 0 Å². The van der Waals surface area contributed by atoms with Crippen LogP contribution in [0.25, 0.3) is 11.2 Å². The SMILES string of the molecule is Cn1c(N)nc(=S)c2[nH]cnc21. The summed E-state index contributed by atoms with van der Waals surface area (Å²) in [6.07, 6.45) is 1.57. The summed E-state index contributed by atoms with van der Waals surface area (Å²) in [4.78, 5) is 10.9. The predicted molar refractivity (Wildman–Crippen MR) is 48.1 cm³/mol. The minimum atomic E-state index is 0.375. The molecule has 5 nitrogen and oxygen atoms in total. The summed E-state index contributed by atoms with van der Waals surface area (Å²) in [5.41, 5.74) is 7.06. The molecule has 0 aliphatic heterocycles. The average molecular weight is 181 g/mol. The van der Waals surface area contributed by atoms with Gasteiger partial charge in [0.05, 0.1) is 6.33 Å². The van der Waals surface area contributed by atoms with Gasteiger partial charge in [-0.05, 0) is 0 Å². The number of nitrogens with one attached hydrogen (secondary N) is 1. The van der Waals surface area contributed by atoms with Gasteiger partial charge in [-0.15, -0.1) is 0 Å². The Morgan fingerprint density at radius 3 is 3.17 bits per heavy atom. The number of aromatic amines is 1. The van der Waals surface area contributed by atoms with E-state index in [9.17, 15) is 0 Å². The summed E-state index contributed by atoms with van der Waals surface area (Å²) >= 11 is 4.98. The second-order valence-electron chi connectivity index (χ2n) is 2.44. The van der Waals surface area contributed by atoms with Crippen molar-refractivity contribution < 1.29 is 0 Å². The van der Waals surface area contributed by atoms with E-state index in [2.05, 4.69) is 15.0 Å². The number of nitrogens with zero attached hydrogens (tertiary/aromatic N) is 3. The van der Waals surface area contributed by atoms with E-state index in [1.807, 2.05) is 0 Å². The molecule has 2 rings (SSSR count). The molecule has 0 saturated carbocycles. The fourth-order valence-corrected chi connectivity index (χ4v) is 1.29. The molecule has 0 spiro atoms. The van der Waals surface area contributed by atoms with E-state index in [-0.39, 0.29) is 0 Å². The Labute approximate surface area is 73.3 Å². The van der Waals surface area contributed by atoms with Crippen LogP contribution < -0.4 is 5.73 Å². The highest BCUT2D eigenvalue weighted by Crippen LogP contribution is 2.10. The first-order valence-corrected chi connectivity index (χ1v) is 3.76. The summed E-state index contributed by atoms with van der Waals surface area (Å²) in [6, 6.07) is 0. The first-order valence-electron chi connectivity index (χ1n) is 3.35. The zero-order valence-electron chi connectivity index (χ0n) is 6.40. The first kappa shape index (κ1) is 7.23. The molecule has 3 N–H and O–H groups in total. The summed E-state index contributed by atoms with van der Waals surface area (Å²) < 4.78 is 2.14. The lowest BCUT2D eigenvalue weighted by Crippen LogP contribution is -2.05. The number of imidazole rings is 1. The Bertz CT molecular complexity index is 482. The predicted octanol–water partition coefficient (Wildman–Crippen LogP) is 0.608. The highest BCUT2D eigenvalue weighted by molar-refractivity contribution is 7.71. The minimum Gasteiger partial charge on any atom is -0.369 e. The van der Waals surface area contributed by atoms with E-state index in [0.717, 1.165) is 11.2 Å².